The van der Waals surface area contributed by atoms with Crippen molar-refractivity contribution in [3.8, 4) is 17.2 Å². The Morgan fingerprint density at radius 1 is 1.16 bits per heavy atom. The van der Waals surface area contributed by atoms with Crippen LogP contribution in [0.25, 0.3) is 0 Å². The lowest BCUT2D eigenvalue weighted by Crippen LogP contribution is -2.19. The van der Waals surface area contributed by atoms with Gasteiger partial charge in [-0.1, -0.05) is 0 Å². The number of hydrogen-bond donors (Lipinski definition) is 1. The molecule has 1 heterocycles. The third kappa shape index (κ3) is 2.62. The van der Waals surface area contributed by atoms with Crippen molar-refractivity contribution in [3.05, 3.63) is 17.7 Å². The van der Waals surface area contributed by atoms with Crippen molar-refractivity contribution < 1.29 is 18.9 Å². The lowest BCUT2D eigenvalue weighted by atomic mass is 9.94. The Morgan fingerprint density at radius 3 is 2.26 bits per heavy atom. The summed E-state index contributed by atoms with van der Waals surface area (Å²) in [5.41, 5.74) is 6.73. The molecule has 0 saturated carbocycles. The number of nitrogens with two attached hydrogens (primary N) is 1. The normalized spacial score (nSPS) is 22.3. The first-order valence-corrected chi connectivity index (χ1v) is 6.36. The van der Waals surface area contributed by atoms with Crippen molar-refractivity contribution in [1.29, 1.82) is 0 Å². The SMILES string of the molecule is COc1cc(OC)c(C2OCCC2CN)c(OC)c1. The second kappa shape index (κ2) is 6.12. The molecule has 0 aliphatic carbocycles. The fourth-order valence-electron chi connectivity index (χ4n) is 2.51. The van der Waals surface area contributed by atoms with E-state index < -0.39 is 0 Å². The van der Waals surface area contributed by atoms with Gasteiger partial charge < -0.3 is 24.7 Å². The fraction of sp³-hybridized carbons (Fsp3) is 0.571. The van der Waals surface area contributed by atoms with Crippen LogP contribution in [-0.4, -0.2) is 34.5 Å². The summed E-state index contributed by atoms with van der Waals surface area (Å²) in [6.45, 7) is 1.30. The maximum absolute atomic E-state index is 5.82. The van der Waals surface area contributed by atoms with Crippen LogP contribution in [0.4, 0.5) is 0 Å². The van der Waals surface area contributed by atoms with Gasteiger partial charge in [0.05, 0.1) is 33.0 Å². The number of ether oxygens (including phenoxy) is 4. The highest BCUT2D eigenvalue weighted by molar-refractivity contribution is 5.52. The van der Waals surface area contributed by atoms with Crippen LogP contribution in [0.15, 0.2) is 12.1 Å². The van der Waals surface area contributed by atoms with E-state index in [0.29, 0.717) is 30.4 Å². The van der Waals surface area contributed by atoms with Crippen LogP contribution >= 0.6 is 0 Å². The lowest BCUT2D eigenvalue weighted by molar-refractivity contribution is 0.0877. The average Bonchev–Trinajstić information content (AvgIpc) is 2.93. The van der Waals surface area contributed by atoms with E-state index in [-0.39, 0.29) is 12.0 Å². The molecule has 0 amide bonds. The van der Waals surface area contributed by atoms with Gasteiger partial charge >= 0.3 is 0 Å². The second-order valence-corrected chi connectivity index (χ2v) is 4.52. The number of rotatable bonds is 5. The van der Waals surface area contributed by atoms with E-state index in [1.807, 2.05) is 12.1 Å². The van der Waals surface area contributed by atoms with Crippen molar-refractivity contribution in [2.75, 3.05) is 34.5 Å². The van der Waals surface area contributed by atoms with Gasteiger partial charge in [-0.05, 0) is 13.0 Å². The summed E-state index contributed by atoms with van der Waals surface area (Å²) in [4.78, 5) is 0. The highest BCUT2D eigenvalue weighted by atomic mass is 16.5. The Hall–Kier alpha value is -1.46. The Kier molecular flexibility index (Phi) is 4.50. The first-order chi connectivity index (χ1) is 9.24. The third-order valence-electron chi connectivity index (χ3n) is 3.55. The topological polar surface area (TPSA) is 62.9 Å². The van der Waals surface area contributed by atoms with Crippen LogP contribution < -0.4 is 19.9 Å². The summed E-state index contributed by atoms with van der Waals surface area (Å²) in [5, 5.41) is 0. The van der Waals surface area contributed by atoms with Gasteiger partial charge in [0.25, 0.3) is 0 Å². The molecule has 19 heavy (non-hydrogen) atoms. The molecule has 106 valence electrons. The minimum atomic E-state index is -0.0826. The predicted octanol–water partition coefficient (Wildman–Crippen LogP) is 1.75. The molecule has 0 bridgehead atoms. The molecule has 1 fully saturated rings. The van der Waals surface area contributed by atoms with Gasteiger partial charge in [0.1, 0.15) is 17.2 Å². The quantitative estimate of drug-likeness (QED) is 0.880. The zero-order chi connectivity index (χ0) is 13.8. The predicted molar refractivity (Wildman–Crippen MR) is 72.0 cm³/mol. The lowest BCUT2D eigenvalue weighted by Gasteiger charge is -2.22. The molecule has 0 radical (unpaired) electrons. The number of benzene rings is 1. The Morgan fingerprint density at radius 2 is 1.79 bits per heavy atom. The third-order valence-corrected chi connectivity index (χ3v) is 3.55. The summed E-state index contributed by atoms with van der Waals surface area (Å²) in [7, 11) is 4.87. The van der Waals surface area contributed by atoms with Gasteiger partial charge in [0.2, 0.25) is 0 Å². The molecule has 5 heteroatoms. The van der Waals surface area contributed by atoms with Crippen molar-refractivity contribution >= 4 is 0 Å². The van der Waals surface area contributed by atoms with Crippen LogP contribution in [-0.2, 0) is 4.74 Å². The van der Waals surface area contributed by atoms with Gasteiger partial charge in [-0.2, -0.15) is 0 Å². The molecule has 2 unspecified atom stereocenters. The molecule has 2 rings (SSSR count). The van der Waals surface area contributed by atoms with Gasteiger partial charge in [-0.15, -0.1) is 0 Å². The first-order valence-electron chi connectivity index (χ1n) is 6.36. The van der Waals surface area contributed by atoms with E-state index in [0.717, 1.165) is 12.0 Å². The molecule has 2 atom stereocenters. The molecule has 0 aromatic heterocycles. The minimum Gasteiger partial charge on any atom is -0.496 e. The average molecular weight is 267 g/mol. The Bertz CT molecular complexity index is 410. The molecular weight excluding hydrogens is 246 g/mol. The zero-order valence-corrected chi connectivity index (χ0v) is 11.6. The second-order valence-electron chi connectivity index (χ2n) is 4.52. The van der Waals surface area contributed by atoms with Crippen LogP contribution in [0.1, 0.15) is 18.1 Å². The van der Waals surface area contributed by atoms with Gasteiger partial charge in [0, 0.05) is 24.7 Å². The summed E-state index contributed by atoms with van der Waals surface area (Å²) < 4.78 is 22.0. The van der Waals surface area contributed by atoms with Crippen molar-refractivity contribution in [1.82, 2.24) is 0 Å². The highest BCUT2D eigenvalue weighted by Crippen LogP contribution is 2.45. The molecule has 1 aliphatic rings. The van der Waals surface area contributed by atoms with Gasteiger partial charge in [-0.3, -0.25) is 0 Å². The highest BCUT2D eigenvalue weighted by Gasteiger charge is 2.33. The standard InChI is InChI=1S/C14H21NO4/c1-16-10-6-11(17-2)13(12(7-10)18-3)14-9(8-15)4-5-19-14/h6-7,9,14H,4-5,8,15H2,1-3H3. The molecule has 1 aromatic carbocycles. The molecule has 2 N–H and O–H groups in total. The zero-order valence-electron chi connectivity index (χ0n) is 11.6. The Balaban J connectivity index is 2.47. The molecule has 0 spiro atoms. The van der Waals surface area contributed by atoms with E-state index in [9.17, 15) is 0 Å². The maximum atomic E-state index is 5.82. The monoisotopic (exact) mass is 267 g/mol. The Labute approximate surface area is 113 Å². The van der Waals surface area contributed by atoms with Crippen molar-refractivity contribution in [2.24, 2.45) is 11.7 Å². The molecule has 1 aromatic rings. The number of hydrogen-bond acceptors (Lipinski definition) is 5. The van der Waals surface area contributed by atoms with Crippen LogP contribution in [0.3, 0.4) is 0 Å². The summed E-state index contributed by atoms with van der Waals surface area (Å²) in [6.07, 6.45) is 0.875. The summed E-state index contributed by atoms with van der Waals surface area (Å²) in [6, 6.07) is 3.68. The first kappa shape index (κ1) is 14.0. The van der Waals surface area contributed by atoms with Crippen molar-refractivity contribution in [3.63, 3.8) is 0 Å². The fourth-order valence-corrected chi connectivity index (χ4v) is 2.51. The minimum absolute atomic E-state index is 0.0826. The van der Waals surface area contributed by atoms with E-state index in [1.165, 1.54) is 0 Å². The van der Waals surface area contributed by atoms with Gasteiger partial charge in [-0.25, -0.2) is 0 Å². The van der Waals surface area contributed by atoms with Crippen LogP contribution in [0.2, 0.25) is 0 Å². The van der Waals surface area contributed by atoms with Gasteiger partial charge in [0.15, 0.2) is 0 Å². The van der Waals surface area contributed by atoms with Crippen LogP contribution in [0, 0.1) is 5.92 Å². The molecule has 5 nitrogen and oxygen atoms in total. The number of methoxy groups -OCH3 is 3. The van der Waals surface area contributed by atoms with Crippen LogP contribution in [0.5, 0.6) is 17.2 Å². The molecule has 1 aliphatic heterocycles. The smallest absolute Gasteiger partial charge is 0.132 e. The van der Waals surface area contributed by atoms with E-state index in [4.69, 9.17) is 24.7 Å². The summed E-state index contributed by atoms with van der Waals surface area (Å²) in [5.74, 6) is 2.40. The van der Waals surface area contributed by atoms with E-state index in [2.05, 4.69) is 0 Å². The van der Waals surface area contributed by atoms with Crippen molar-refractivity contribution in [2.45, 2.75) is 12.5 Å². The molecule has 1 saturated heterocycles. The van der Waals surface area contributed by atoms with E-state index in [1.54, 1.807) is 21.3 Å². The summed E-state index contributed by atoms with van der Waals surface area (Å²) >= 11 is 0. The van der Waals surface area contributed by atoms with E-state index >= 15 is 0 Å². The largest absolute Gasteiger partial charge is 0.496 e. The maximum Gasteiger partial charge on any atom is 0.132 e. The molecular formula is C14H21NO4.